The third-order valence-electron chi connectivity index (χ3n) is 8.09. The second-order valence-electron chi connectivity index (χ2n) is 10.1. The summed E-state index contributed by atoms with van der Waals surface area (Å²) < 4.78 is 33.9. The SMILES string of the molecule is COc1ccc([C@@H]2Cc3cc(OC)cc(OC)c3[C@](O)([C@@H](O)c3ccc(OC)cc3)c3cc(OC)cc(OC)c32)cc1. The molecule has 0 saturated heterocycles. The van der Waals surface area contributed by atoms with Gasteiger partial charge in [0.25, 0.3) is 0 Å². The highest BCUT2D eigenvalue weighted by molar-refractivity contribution is 5.64. The van der Waals surface area contributed by atoms with Gasteiger partial charge in [-0.05, 0) is 59.5 Å². The number of methoxy groups -OCH3 is 6. The maximum absolute atomic E-state index is 13.1. The Bertz CT molecular complexity index is 1550. The smallest absolute Gasteiger partial charge is 0.149 e. The minimum atomic E-state index is -2.00. The lowest BCUT2D eigenvalue weighted by atomic mass is 9.75. The number of benzene rings is 4. The van der Waals surface area contributed by atoms with Crippen LogP contribution in [-0.4, -0.2) is 52.9 Å². The molecule has 5 rings (SSSR count). The molecule has 4 aromatic carbocycles. The van der Waals surface area contributed by atoms with Crippen LogP contribution in [0.15, 0.2) is 72.8 Å². The topological polar surface area (TPSA) is 95.8 Å². The summed E-state index contributed by atoms with van der Waals surface area (Å²) in [6, 6.07) is 21.9. The summed E-state index contributed by atoms with van der Waals surface area (Å²) in [5, 5.41) is 25.3. The molecule has 0 aliphatic heterocycles. The molecular formula is C34H36O8. The van der Waals surface area contributed by atoms with Crippen LogP contribution in [0.25, 0.3) is 0 Å². The van der Waals surface area contributed by atoms with Gasteiger partial charge in [-0.25, -0.2) is 0 Å². The molecule has 220 valence electrons. The monoisotopic (exact) mass is 572 g/mol. The van der Waals surface area contributed by atoms with E-state index in [0.717, 1.165) is 22.4 Å². The van der Waals surface area contributed by atoms with Crippen molar-refractivity contribution in [3.63, 3.8) is 0 Å². The highest BCUT2D eigenvalue weighted by atomic mass is 16.5. The van der Waals surface area contributed by atoms with Crippen LogP contribution in [0.1, 0.15) is 45.4 Å². The van der Waals surface area contributed by atoms with E-state index in [9.17, 15) is 10.2 Å². The van der Waals surface area contributed by atoms with Crippen LogP contribution in [0.5, 0.6) is 34.5 Å². The summed E-state index contributed by atoms with van der Waals surface area (Å²) in [5.41, 5.74) is 1.79. The third kappa shape index (κ3) is 4.86. The van der Waals surface area contributed by atoms with E-state index >= 15 is 0 Å². The second-order valence-corrected chi connectivity index (χ2v) is 10.1. The van der Waals surface area contributed by atoms with Crippen molar-refractivity contribution in [3.8, 4) is 34.5 Å². The van der Waals surface area contributed by atoms with Crippen molar-refractivity contribution in [3.05, 3.63) is 106 Å². The van der Waals surface area contributed by atoms with E-state index in [1.54, 1.807) is 78.0 Å². The molecule has 42 heavy (non-hydrogen) atoms. The van der Waals surface area contributed by atoms with Crippen molar-refractivity contribution in [1.29, 1.82) is 0 Å². The first-order valence-electron chi connectivity index (χ1n) is 13.5. The van der Waals surface area contributed by atoms with E-state index < -0.39 is 11.7 Å². The van der Waals surface area contributed by atoms with Crippen molar-refractivity contribution in [2.45, 2.75) is 24.0 Å². The molecule has 1 aliphatic carbocycles. The van der Waals surface area contributed by atoms with Crippen LogP contribution in [0.4, 0.5) is 0 Å². The largest absolute Gasteiger partial charge is 0.497 e. The first-order chi connectivity index (χ1) is 20.3. The molecule has 0 amide bonds. The average molecular weight is 573 g/mol. The molecular weight excluding hydrogens is 536 g/mol. The molecule has 0 bridgehead atoms. The van der Waals surface area contributed by atoms with Gasteiger partial charge >= 0.3 is 0 Å². The minimum absolute atomic E-state index is 0.292. The lowest BCUT2D eigenvalue weighted by Gasteiger charge is -2.37. The van der Waals surface area contributed by atoms with Crippen LogP contribution in [-0.2, 0) is 12.0 Å². The van der Waals surface area contributed by atoms with Crippen LogP contribution in [0.2, 0.25) is 0 Å². The normalized spacial score (nSPS) is 18.1. The van der Waals surface area contributed by atoms with E-state index in [4.69, 9.17) is 28.4 Å². The van der Waals surface area contributed by atoms with Gasteiger partial charge in [-0.15, -0.1) is 0 Å². The zero-order valence-corrected chi connectivity index (χ0v) is 24.6. The summed E-state index contributed by atoms with van der Waals surface area (Å²) in [4.78, 5) is 0. The fourth-order valence-corrected chi connectivity index (χ4v) is 5.97. The van der Waals surface area contributed by atoms with Gasteiger partial charge in [-0.3, -0.25) is 0 Å². The minimum Gasteiger partial charge on any atom is -0.497 e. The standard InChI is InChI=1S/C34H36O8/c1-37-23-11-7-20(8-12-23)27-16-22-15-25(39-3)19-30(42-6)32(22)34(36,33(35)21-9-13-24(38-2)14-10-21)28-17-26(40-4)18-29(41-5)31(27)28/h7-15,17-19,27,33,35-36H,16H2,1-6H3/t27-,33-,34-/m0/s1. The predicted octanol–water partition coefficient (Wildman–Crippen LogP) is 5.40. The Morgan fingerprint density at radius 2 is 1.17 bits per heavy atom. The van der Waals surface area contributed by atoms with Gasteiger partial charge < -0.3 is 38.6 Å². The van der Waals surface area contributed by atoms with E-state index in [2.05, 4.69) is 0 Å². The second kappa shape index (κ2) is 11.8. The van der Waals surface area contributed by atoms with Gasteiger partial charge in [0.05, 0.1) is 42.7 Å². The number of ether oxygens (including phenoxy) is 6. The number of aliphatic hydroxyl groups is 2. The Hall–Kier alpha value is -4.40. The van der Waals surface area contributed by atoms with E-state index in [1.807, 2.05) is 30.3 Å². The Balaban J connectivity index is 1.90. The molecule has 0 heterocycles. The predicted molar refractivity (Wildman–Crippen MR) is 159 cm³/mol. The lowest BCUT2D eigenvalue weighted by molar-refractivity contribution is -0.0536. The third-order valence-corrected chi connectivity index (χ3v) is 8.09. The van der Waals surface area contributed by atoms with Gasteiger partial charge in [0.15, 0.2) is 0 Å². The highest BCUT2D eigenvalue weighted by Crippen LogP contribution is 2.56. The number of aliphatic hydroxyl groups excluding tert-OH is 1. The van der Waals surface area contributed by atoms with Crippen molar-refractivity contribution in [2.75, 3.05) is 42.7 Å². The van der Waals surface area contributed by atoms with Gasteiger partial charge in [0, 0.05) is 34.7 Å². The van der Waals surface area contributed by atoms with E-state index in [1.165, 1.54) is 7.11 Å². The summed E-state index contributed by atoms with van der Waals surface area (Å²) >= 11 is 0. The molecule has 3 atom stereocenters. The lowest BCUT2D eigenvalue weighted by Crippen LogP contribution is -2.36. The molecule has 0 aromatic heterocycles. The Labute approximate surface area is 246 Å². The van der Waals surface area contributed by atoms with Crippen molar-refractivity contribution in [1.82, 2.24) is 0 Å². The van der Waals surface area contributed by atoms with Crippen molar-refractivity contribution >= 4 is 0 Å². The Morgan fingerprint density at radius 3 is 1.71 bits per heavy atom. The number of fused-ring (bicyclic) bond motifs is 2. The number of hydrogen-bond donors (Lipinski definition) is 2. The van der Waals surface area contributed by atoms with Crippen molar-refractivity contribution in [2.24, 2.45) is 0 Å². The Kier molecular flexibility index (Phi) is 8.20. The van der Waals surface area contributed by atoms with Gasteiger partial charge in [-0.2, -0.15) is 0 Å². The fourth-order valence-electron chi connectivity index (χ4n) is 5.97. The van der Waals surface area contributed by atoms with Crippen LogP contribution < -0.4 is 28.4 Å². The fraction of sp³-hybridized carbons (Fsp3) is 0.294. The maximum Gasteiger partial charge on any atom is 0.149 e. The molecule has 1 aliphatic rings. The van der Waals surface area contributed by atoms with E-state index in [-0.39, 0.29) is 5.92 Å². The highest BCUT2D eigenvalue weighted by Gasteiger charge is 2.49. The summed E-state index contributed by atoms with van der Waals surface area (Å²) in [7, 11) is 9.46. The average Bonchev–Trinajstić information content (AvgIpc) is 3.16. The Morgan fingerprint density at radius 1 is 0.643 bits per heavy atom. The van der Waals surface area contributed by atoms with E-state index in [0.29, 0.717) is 51.9 Å². The molecule has 0 radical (unpaired) electrons. The molecule has 2 N–H and O–H groups in total. The zero-order valence-electron chi connectivity index (χ0n) is 24.6. The molecule has 8 heteroatoms. The number of rotatable bonds is 9. The molecule has 4 aromatic rings. The molecule has 0 saturated carbocycles. The van der Waals surface area contributed by atoms with Crippen LogP contribution in [0.3, 0.4) is 0 Å². The first-order valence-corrected chi connectivity index (χ1v) is 13.5. The van der Waals surface area contributed by atoms with Gasteiger partial charge in [0.1, 0.15) is 46.2 Å². The molecule has 0 spiro atoms. The van der Waals surface area contributed by atoms with Gasteiger partial charge in [0.2, 0.25) is 0 Å². The first kappa shape index (κ1) is 29.1. The zero-order chi connectivity index (χ0) is 30.0. The molecule has 0 unspecified atom stereocenters. The maximum atomic E-state index is 13.1. The molecule has 0 fully saturated rings. The summed E-state index contributed by atoms with van der Waals surface area (Å²) in [6.45, 7) is 0. The summed E-state index contributed by atoms with van der Waals surface area (Å²) in [6.07, 6.45) is -0.975. The van der Waals surface area contributed by atoms with Gasteiger partial charge in [-0.1, -0.05) is 24.3 Å². The number of hydrogen-bond acceptors (Lipinski definition) is 8. The summed E-state index contributed by atoms with van der Waals surface area (Å²) in [5.74, 6) is 2.99. The van der Waals surface area contributed by atoms with Crippen LogP contribution >= 0.6 is 0 Å². The van der Waals surface area contributed by atoms with Crippen LogP contribution in [0, 0.1) is 0 Å². The van der Waals surface area contributed by atoms with Crippen molar-refractivity contribution < 1.29 is 38.6 Å². The quantitative estimate of drug-likeness (QED) is 0.276. The molecule has 8 nitrogen and oxygen atoms in total.